The number of alkyl carbamates (subject to hydrolysis) is 1. The highest BCUT2D eigenvalue weighted by Crippen LogP contribution is 2.63. The molecule has 4 aromatic carbocycles. The van der Waals surface area contributed by atoms with Gasteiger partial charge >= 0.3 is 12.2 Å². The highest BCUT2D eigenvalue weighted by Gasteiger charge is 2.58. The molecule has 14 heteroatoms. The Morgan fingerprint density at radius 1 is 0.614 bits per heavy atom. The van der Waals surface area contributed by atoms with Crippen LogP contribution in [0.4, 0.5) is 9.59 Å². The van der Waals surface area contributed by atoms with E-state index in [1.54, 1.807) is 14.2 Å². The Morgan fingerprint density at radius 3 is 1.47 bits per heavy atom. The molecule has 3 amide bonds. The van der Waals surface area contributed by atoms with E-state index in [9.17, 15) is 14.4 Å². The lowest BCUT2D eigenvalue weighted by Crippen LogP contribution is -2.47. The van der Waals surface area contributed by atoms with Crippen LogP contribution >= 0.6 is 34.8 Å². The van der Waals surface area contributed by atoms with E-state index in [0.717, 1.165) is 105 Å². The van der Waals surface area contributed by atoms with Crippen molar-refractivity contribution in [2.75, 3.05) is 14.2 Å². The molecular weight excluding hydrogens is 951 g/mol. The number of rotatable bonds is 10. The van der Waals surface area contributed by atoms with E-state index < -0.39 is 21.9 Å². The summed E-state index contributed by atoms with van der Waals surface area (Å²) in [6.07, 6.45) is 10.3. The highest BCUT2D eigenvalue weighted by atomic mass is 35.6. The van der Waals surface area contributed by atoms with Crippen molar-refractivity contribution in [2.24, 2.45) is 40.2 Å². The van der Waals surface area contributed by atoms with Crippen LogP contribution in [-0.2, 0) is 40.3 Å². The molecule has 0 heterocycles. The Hall–Kier alpha value is -4.84. The van der Waals surface area contributed by atoms with Crippen LogP contribution in [0.1, 0.15) is 123 Å². The molecule has 0 aliphatic heterocycles. The number of methoxy groups -OCH3 is 2. The average molecular weight is 1020 g/mol. The molecule has 10 atom stereocenters. The van der Waals surface area contributed by atoms with Gasteiger partial charge in [0.1, 0.15) is 25.4 Å². The number of ether oxygens (including phenoxy) is 6. The molecule has 4 saturated carbocycles. The molecule has 0 bridgehead atoms. The number of hydrogen-bond acceptors (Lipinski definition) is 9. The van der Waals surface area contributed by atoms with E-state index in [1.807, 2.05) is 41.7 Å². The van der Waals surface area contributed by atoms with Gasteiger partial charge in [0.15, 0.2) is 23.0 Å². The number of fused-ring (bicyclic) bond motifs is 10. The summed E-state index contributed by atoms with van der Waals surface area (Å²) in [5.41, 5.74) is 13.0. The molecule has 70 heavy (non-hydrogen) atoms. The third kappa shape index (κ3) is 10.1. The number of nitrogens with one attached hydrogen (secondary N) is 1. The Labute approximate surface area is 426 Å². The molecule has 6 aliphatic rings. The number of alkyl halides is 3. The Morgan fingerprint density at radius 2 is 1.06 bits per heavy atom. The number of primary amides is 1. The number of carbonyl (C=O) groups excluding carboxylic acids is 3. The van der Waals surface area contributed by atoms with Crippen LogP contribution in [0, 0.1) is 34.5 Å². The largest absolute Gasteiger partial charge is 0.493 e. The monoisotopic (exact) mass is 1010 g/mol. The van der Waals surface area contributed by atoms with Gasteiger partial charge in [0, 0.05) is 10.8 Å². The summed E-state index contributed by atoms with van der Waals surface area (Å²) in [5.74, 6) is 5.20. The summed E-state index contributed by atoms with van der Waals surface area (Å²) in [4.78, 5) is 35.7. The fourth-order valence-corrected chi connectivity index (χ4v) is 14.1. The van der Waals surface area contributed by atoms with Crippen molar-refractivity contribution in [3.63, 3.8) is 0 Å². The Bertz CT molecular complexity index is 2540. The molecule has 4 fully saturated rings. The van der Waals surface area contributed by atoms with E-state index in [-0.39, 0.29) is 23.0 Å². The maximum absolute atomic E-state index is 12.4. The standard InChI is InChI=1S/C29H32Cl3NO5.C27H33NO4/c1-28-13-12-19-20(22(28)10-11-25(28)38-27(35)33-26(34)29(30,31)32)9-8-18-14-24(23(36-2)15-21(18)19)37-16-17-6-4-3-5-7-17;1-27-13-12-19-20(22(27)10-11-25(27)32-26(28)29)9-8-18-14-24(23(30-2)15-21(18)19)31-16-17-6-4-3-5-7-17/h3-7,14-15,19-20,22,25H,8-13,16H2,1-2H3,(H,33,34,35);3-7,14-15,19-20,22,25H,8-13,16H2,1-2H3,(H2,28,29)/t19?,20?,22?,25-,28-;19?,20?,22?,25-,27-/m00/s1. The van der Waals surface area contributed by atoms with Gasteiger partial charge in [0.2, 0.25) is 0 Å². The molecule has 10 rings (SSSR count). The van der Waals surface area contributed by atoms with Crippen LogP contribution in [0.5, 0.6) is 23.0 Å². The minimum absolute atomic E-state index is 0.0382. The minimum Gasteiger partial charge on any atom is -0.493 e. The molecule has 0 spiro atoms. The van der Waals surface area contributed by atoms with Crippen molar-refractivity contribution in [3.8, 4) is 23.0 Å². The number of carbonyl (C=O) groups is 3. The molecule has 0 saturated heterocycles. The molecule has 4 aromatic rings. The van der Waals surface area contributed by atoms with Gasteiger partial charge in [-0.05, 0) is 170 Å². The van der Waals surface area contributed by atoms with Gasteiger partial charge in [0.25, 0.3) is 9.70 Å². The van der Waals surface area contributed by atoms with Gasteiger partial charge in [-0.1, -0.05) is 109 Å². The number of amides is 3. The van der Waals surface area contributed by atoms with Crippen molar-refractivity contribution < 1.29 is 42.8 Å². The summed E-state index contributed by atoms with van der Waals surface area (Å²) in [7, 11) is 3.41. The van der Waals surface area contributed by atoms with Gasteiger partial charge in [0.05, 0.1) is 14.2 Å². The predicted octanol–water partition coefficient (Wildman–Crippen LogP) is 12.7. The van der Waals surface area contributed by atoms with E-state index >= 15 is 0 Å². The van der Waals surface area contributed by atoms with Crippen molar-refractivity contribution >= 4 is 52.9 Å². The van der Waals surface area contributed by atoms with Gasteiger partial charge < -0.3 is 34.2 Å². The van der Waals surface area contributed by atoms with Crippen LogP contribution in [-0.4, -0.2) is 48.3 Å². The number of imide groups is 1. The molecule has 6 aliphatic carbocycles. The molecule has 374 valence electrons. The molecule has 3 N–H and O–H groups in total. The zero-order chi connectivity index (χ0) is 49.4. The third-order valence-corrected chi connectivity index (χ3v) is 17.8. The van der Waals surface area contributed by atoms with Crippen molar-refractivity contribution in [2.45, 2.75) is 132 Å². The fraction of sp³-hybridized carbons (Fsp3) is 0.518. The van der Waals surface area contributed by atoms with Crippen LogP contribution in [0.3, 0.4) is 0 Å². The first-order valence-corrected chi connectivity index (χ1v) is 26.0. The number of nitrogens with two attached hydrogens (primary N) is 1. The first kappa shape index (κ1) is 50.1. The predicted molar refractivity (Wildman–Crippen MR) is 270 cm³/mol. The first-order valence-electron chi connectivity index (χ1n) is 24.9. The zero-order valence-electron chi connectivity index (χ0n) is 40.5. The quantitative estimate of drug-likeness (QED) is 0.148. The Balaban J connectivity index is 0.000000176. The second kappa shape index (κ2) is 20.7. The summed E-state index contributed by atoms with van der Waals surface area (Å²) in [5, 5.41) is 2.05. The minimum atomic E-state index is -2.22. The molecule has 6 unspecified atom stereocenters. The lowest BCUT2D eigenvalue weighted by molar-refractivity contribution is -0.120. The second-order valence-electron chi connectivity index (χ2n) is 20.8. The maximum Gasteiger partial charge on any atom is 0.414 e. The topological polar surface area (TPSA) is 145 Å². The normalized spacial score (nSPS) is 29.1. The van der Waals surface area contributed by atoms with E-state index in [0.29, 0.717) is 48.7 Å². The van der Waals surface area contributed by atoms with Gasteiger partial charge in [-0.25, -0.2) is 9.59 Å². The number of aryl methyl sites for hydroxylation is 2. The van der Waals surface area contributed by atoms with Crippen LogP contribution in [0.25, 0.3) is 0 Å². The van der Waals surface area contributed by atoms with Crippen molar-refractivity contribution in [1.82, 2.24) is 5.32 Å². The molecule has 0 aromatic heterocycles. The maximum atomic E-state index is 12.4. The van der Waals surface area contributed by atoms with E-state index in [1.165, 1.54) is 28.7 Å². The van der Waals surface area contributed by atoms with E-state index in [2.05, 4.69) is 62.4 Å². The third-order valence-electron chi connectivity index (χ3n) is 17.3. The van der Waals surface area contributed by atoms with Gasteiger partial charge in [-0.3, -0.25) is 10.1 Å². The number of halogens is 3. The molecular formula is C56H65Cl3N2O9. The summed E-state index contributed by atoms with van der Waals surface area (Å²) >= 11 is 16.7. The lowest BCUT2D eigenvalue weighted by atomic mass is 9.55. The highest BCUT2D eigenvalue weighted by molar-refractivity contribution is 6.76. The van der Waals surface area contributed by atoms with E-state index in [4.69, 9.17) is 69.0 Å². The van der Waals surface area contributed by atoms with Crippen LogP contribution < -0.4 is 30.0 Å². The average Bonchev–Trinajstić information content (AvgIpc) is 3.86. The summed E-state index contributed by atoms with van der Waals surface area (Å²) < 4.78 is 32.9. The van der Waals surface area contributed by atoms with Crippen molar-refractivity contribution in [3.05, 3.63) is 118 Å². The Kier molecular flexibility index (Phi) is 14.8. The SMILES string of the molecule is COc1cc2c(cc1OCc1ccccc1)CCC1C2CC[C@@]2(C)C1CC[C@@H]2OC(=O)NC(=O)C(Cl)(Cl)Cl.COc1cc2c(cc1OCc1ccccc1)CCC1C2CC[C@@]2(C)C1CC[C@@H]2OC(N)=O. The number of benzene rings is 4. The lowest BCUT2D eigenvalue weighted by Gasteiger charge is -2.50. The zero-order valence-corrected chi connectivity index (χ0v) is 42.8. The molecule has 0 radical (unpaired) electrons. The molecule has 11 nitrogen and oxygen atoms in total. The number of hydrogen-bond donors (Lipinski definition) is 2. The summed E-state index contributed by atoms with van der Waals surface area (Å²) in [6, 6.07) is 29.1. The second-order valence-corrected chi connectivity index (χ2v) is 23.1. The van der Waals surface area contributed by atoms with Gasteiger partial charge in [-0.15, -0.1) is 0 Å². The van der Waals surface area contributed by atoms with Crippen LogP contribution in [0.2, 0.25) is 0 Å². The summed E-state index contributed by atoms with van der Waals surface area (Å²) in [6.45, 7) is 5.55. The van der Waals surface area contributed by atoms with Crippen molar-refractivity contribution in [1.29, 1.82) is 0 Å². The fourth-order valence-electron chi connectivity index (χ4n) is 13.9. The first-order chi connectivity index (χ1) is 33.6. The van der Waals surface area contributed by atoms with Gasteiger partial charge in [-0.2, -0.15) is 0 Å². The smallest absolute Gasteiger partial charge is 0.414 e. The van der Waals surface area contributed by atoms with Crippen LogP contribution in [0.15, 0.2) is 84.9 Å².